The second-order valence-corrected chi connectivity index (χ2v) is 5.72. The molecular weight excluding hydrogens is 280 g/mol. The highest BCUT2D eigenvalue weighted by molar-refractivity contribution is 9.10. The van der Waals surface area contributed by atoms with Crippen molar-refractivity contribution in [2.45, 2.75) is 12.3 Å². The van der Waals surface area contributed by atoms with Crippen LogP contribution in [-0.2, 0) is 4.79 Å². The van der Waals surface area contributed by atoms with Crippen LogP contribution >= 0.6 is 15.9 Å². The van der Waals surface area contributed by atoms with Crippen molar-refractivity contribution in [2.24, 2.45) is 5.92 Å². The minimum Gasteiger partial charge on any atom is -0.316 e. The molecule has 1 aromatic carbocycles. The molecule has 4 heteroatoms. The Morgan fingerprint density at radius 1 is 1.41 bits per heavy atom. The van der Waals surface area contributed by atoms with Crippen molar-refractivity contribution in [3.63, 3.8) is 0 Å². The standard InChI is InChI=1S/C13H15BrN2O/c1-16-12-3-2-8(14)6-10(12)11-7-15-5-4-9(11)13(16)17/h2-3,6,9,11,15H,4-5,7H2,1H3. The van der Waals surface area contributed by atoms with Crippen LogP contribution in [0, 0.1) is 5.92 Å². The summed E-state index contributed by atoms with van der Waals surface area (Å²) >= 11 is 3.52. The lowest BCUT2D eigenvalue weighted by molar-refractivity contribution is -0.123. The van der Waals surface area contributed by atoms with E-state index in [-0.39, 0.29) is 11.8 Å². The van der Waals surface area contributed by atoms with E-state index in [1.165, 1.54) is 5.56 Å². The molecule has 0 spiro atoms. The van der Waals surface area contributed by atoms with Crippen LogP contribution < -0.4 is 10.2 Å². The Morgan fingerprint density at radius 3 is 3.06 bits per heavy atom. The number of piperidine rings is 1. The number of anilines is 1. The van der Waals surface area contributed by atoms with Gasteiger partial charge in [0.15, 0.2) is 0 Å². The third-order valence-corrected chi connectivity index (χ3v) is 4.37. The van der Waals surface area contributed by atoms with E-state index in [4.69, 9.17) is 0 Å². The molecule has 17 heavy (non-hydrogen) atoms. The lowest BCUT2D eigenvalue weighted by Crippen LogP contribution is -2.47. The van der Waals surface area contributed by atoms with Gasteiger partial charge < -0.3 is 10.2 Å². The van der Waals surface area contributed by atoms with Gasteiger partial charge in [0.05, 0.1) is 0 Å². The maximum atomic E-state index is 12.3. The number of hydrogen-bond donors (Lipinski definition) is 1. The fourth-order valence-corrected chi connectivity index (χ4v) is 3.35. The van der Waals surface area contributed by atoms with Gasteiger partial charge in [-0.15, -0.1) is 0 Å². The van der Waals surface area contributed by atoms with E-state index < -0.39 is 0 Å². The summed E-state index contributed by atoms with van der Waals surface area (Å²) in [5.41, 5.74) is 2.35. The van der Waals surface area contributed by atoms with E-state index in [2.05, 4.69) is 27.3 Å². The number of amides is 1. The van der Waals surface area contributed by atoms with Gasteiger partial charge in [0.25, 0.3) is 0 Å². The third kappa shape index (κ3) is 1.70. The van der Waals surface area contributed by atoms with Gasteiger partial charge in [0.1, 0.15) is 0 Å². The van der Waals surface area contributed by atoms with E-state index >= 15 is 0 Å². The molecule has 0 radical (unpaired) electrons. The topological polar surface area (TPSA) is 32.3 Å². The summed E-state index contributed by atoms with van der Waals surface area (Å²) in [4.78, 5) is 14.1. The first-order valence-corrected chi connectivity index (χ1v) is 6.75. The molecule has 0 aromatic heterocycles. The quantitative estimate of drug-likeness (QED) is 0.795. The molecule has 1 aromatic rings. The summed E-state index contributed by atoms with van der Waals surface area (Å²) in [6, 6.07) is 6.18. The molecule has 3 nitrogen and oxygen atoms in total. The monoisotopic (exact) mass is 294 g/mol. The lowest BCUT2D eigenvalue weighted by Gasteiger charge is -2.40. The van der Waals surface area contributed by atoms with Gasteiger partial charge in [-0.3, -0.25) is 4.79 Å². The predicted molar refractivity (Wildman–Crippen MR) is 71.3 cm³/mol. The van der Waals surface area contributed by atoms with Crippen molar-refractivity contribution < 1.29 is 4.79 Å². The molecule has 0 bridgehead atoms. The molecule has 0 saturated carbocycles. The Kier molecular flexibility index (Phi) is 2.71. The summed E-state index contributed by atoms with van der Waals surface area (Å²) in [7, 11) is 1.88. The van der Waals surface area contributed by atoms with Crippen LogP contribution in [0.15, 0.2) is 22.7 Å². The van der Waals surface area contributed by atoms with Crippen molar-refractivity contribution in [3.8, 4) is 0 Å². The zero-order valence-electron chi connectivity index (χ0n) is 9.74. The summed E-state index contributed by atoms with van der Waals surface area (Å²) in [6.07, 6.45) is 0.944. The number of nitrogens with one attached hydrogen (secondary N) is 1. The highest BCUT2D eigenvalue weighted by Crippen LogP contribution is 2.42. The number of benzene rings is 1. The van der Waals surface area contributed by atoms with Crippen molar-refractivity contribution in [1.29, 1.82) is 0 Å². The first-order chi connectivity index (χ1) is 8.18. The Balaban J connectivity index is 2.13. The summed E-state index contributed by atoms with van der Waals surface area (Å²) < 4.78 is 1.09. The van der Waals surface area contributed by atoms with Crippen LogP contribution in [0.5, 0.6) is 0 Å². The Hall–Kier alpha value is -0.870. The number of nitrogens with zero attached hydrogens (tertiary/aromatic N) is 1. The van der Waals surface area contributed by atoms with Gasteiger partial charge in [-0.2, -0.15) is 0 Å². The maximum absolute atomic E-state index is 12.3. The molecule has 2 atom stereocenters. The van der Waals surface area contributed by atoms with E-state index in [0.717, 1.165) is 29.7 Å². The Morgan fingerprint density at radius 2 is 2.24 bits per heavy atom. The van der Waals surface area contributed by atoms with Gasteiger partial charge in [0, 0.05) is 35.6 Å². The number of halogens is 1. The number of fused-ring (bicyclic) bond motifs is 3. The molecule has 1 amide bonds. The molecule has 2 aliphatic heterocycles. The molecule has 1 N–H and O–H groups in total. The molecule has 3 rings (SSSR count). The van der Waals surface area contributed by atoms with Crippen LogP contribution in [0.2, 0.25) is 0 Å². The number of carbonyl (C=O) groups excluding carboxylic acids is 1. The zero-order valence-corrected chi connectivity index (χ0v) is 11.3. The number of hydrogen-bond acceptors (Lipinski definition) is 2. The average molecular weight is 295 g/mol. The van der Waals surface area contributed by atoms with Crippen LogP contribution in [0.1, 0.15) is 17.9 Å². The van der Waals surface area contributed by atoms with Crippen molar-refractivity contribution in [1.82, 2.24) is 5.32 Å². The van der Waals surface area contributed by atoms with Crippen molar-refractivity contribution >= 4 is 27.5 Å². The minimum atomic E-state index is 0.156. The molecule has 2 unspecified atom stereocenters. The van der Waals surface area contributed by atoms with Crippen LogP contribution in [-0.4, -0.2) is 26.0 Å². The number of rotatable bonds is 0. The molecule has 1 fully saturated rings. The van der Waals surface area contributed by atoms with Gasteiger partial charge in [-0.1, -0.05) is 15.9 Å². The smallest absolute Gasteiger partial charge is 0.230 e. The normalized spacial score (nSPS) is 27.6. The highest BCUT2D eigenvalue weighted by atomic mass is 79.9. The van der Waals surface area contributed by atoms with E-state index in [0.29, 0.717) is 5.92 Å². The molecule has 2 aliphatic rings. The molecular formula is C13H15BrN2O. The van der Waals surface area contributed by atoms with Gasteiger partial charge in [-0.25, -0.2) is 0 Å². The average Bonchev–Trinajstić information content (AvgIpc) is 2.36. The SMILES string of the molecule is CN1C(=O)C2CCNCC2c2cc(Br)ccc21. The lowest BCUT2D eigenvalue weighted by atomic mass is 9.77. The van der Waals surface area contributed by atoms with Gasteiger partial charge in [-0.05, 0) is 36.7 Å². The van der Waals surface area contributed by atoms with E-state index in [9.17, 15) is 4.79 Å². The number of carbonyl (C=O) groups is 1. The molecule has 2 heterocycles. The maximum Gasteiger partial charge on any atom is 0.230 e. The second kappa shape index (κ2) is 4.10. The highest BCUT2D eigenvalue weighted by Gasteiger charge is 2.39. The van der Waals surface area contributed by atoms with Crippen LogP contribution in [0.25, 0.3) is 0 Å². The molecule has 1 saturated heterocycles. The van der Waals surface area contributed by atoms with Gasteiger partial charge in [0.2, 0.25) is 5.91 Å². The predicted octanol–water partition coefficient (Wildman–Crippen LogP) is 2.12. The first kappa shape index (κ1) is 11.2. The van der Waals surface area contributed by atoms with E-state index in [1.54, 1.807) is 0 Å². The largest absolute Gasteiger partial charge is 0.316 e. The summed E-state index contributed by atoms with van der Waals surface area (Å²) in [5, 5.41) is 3.39. The third-order valence-electron chi connectivity index (χ3n) is 3.88. The summed E-state index contributed by atoms with van der Waals surface area (Å²) in [5.74, 6) is 0.759. The summed E-state index contributed by atoms with van der Waals surface area (Å²) in [6.45, 7) is 1.86. The van der Waals surface area contributed by atoms with Crippen LogP contribution in [0.3, 0.4) is 0 Å². The van der Waals surface area contributed by atoms with Crippen molar-refractivity contribution in [3.05, 3.63) is 28.2 Å². The molecule has 90 valence electrons. The Labute approximate surface area is 109 Å². The Bertz CT molecular complexity index is 474. The fraction of sp³-hybridized carbons (Fsp3) is 0.462. The first-order valence-electron chi connectivity index (χ1n) is 5.96. The zero-order chi connectivity index (χ0) is 12.0. The molecule has 0 aliphatic carbocycles. The fourth-order valence-electron chi connectivity index (χ4n) is 2.98. The van der Waals surface area contributed by atoms with Gasteiger partial charge >= 0.3 is 0 Å². The minimum absolute atomic E-state index is 0.156. The van der Waals surface area contributed by atoms with E-state index in [1.807, 2.05) is 24.1 Å². The van der Waals surface area contributed by atoms with Crippen molar-refractivity contribution in [2.75, 3.05) is 25.0 Å². The van der Waals surface area contributed by atoms with Crippen LogP contribution in [0.4, 0.5) is 5.69 Å². The second-order valence-electron chi connectivity index (χ2n) is 4.81.